The third kappa shape index (κ3) is 3.67. The number of hydrogen-bond donors (Lipinski definition) is 1. The number of ether oxygens (including phenoxy) is 1. The number of rotatable bonds is 5. The number of halogens is 3. The van der Waals surface area contributed by atoms with Crippen molar-refractivity contribution in [1.29, 1.82) is 0 Å². The van der Waals surface area contributed by atoms with Crippen molar-refractivity contribution in [3.63, 3.8) is 0 Å². The van der Waals surface area contributed by atoms with Crippen LogP contribution in [0.4, 0.5) is 0 Å². The van der Waals surface area contributed by atoms with Crippen molar-refractivity contribution in [3.05, 3.63) is 45.4 Å². The average Bonchev–Trinajstić information content (AvgIpc) is 2.30. The van der Waals surface area contributed by atoms with Gasteiger partial charge in [0.05, 0.1) is 15.1 Å². The second-order valence-electron chi connectivity index (χ2n) is 3.17. The van der Waals surface area contributed by atoms with E-state index >= 15 is 0 Å². The average molecular weight is 308 g/mol. The van der Waals surface area contributed by atoms with E-state index in [1.54, 1.807) is 0 Å². The first kappa shape index (κ1) is 14.9. The standard InChI is InChI=1S/C12H9Cl3O3/c1-2-5-18-12-7(3-4-10(16)17)11(15)8(13)6-9(12)14/h2-4,6H,1,5H2,(H,16,17)/b4-3+. The highest BCUT2D eigenvalue weighted by Gasteiger charge is 2.14. The van der Waals surface area contributed by atoms with Gasteiger partial charge in [-0.25, -0.2) is 4.79 Å². The number of benzene rings is 1. The molecule has 1 rings (SSSR count). The normalized spacial score (nSPS) is 10.6. The Balaban J connectivity index is 3.32. The number of carboxylic acids is 1. The Morgan fingerprint density at radius 1 is 1.39 bits per heavy atom. The summed E-state index contributed by atoms with van der Waals surface area (Å²) in [6.45, 7) is 3.72. The third-order valence-corrected chi connectivity index (χ3v) is 2.98. The molecule has 1 N–H and O–H groups in total. The van der Waals surface area contributed by atoms with Crippen molar-refractivity contribution in [2.75, 3.05) is 6.61 Å². The van der Waals surface area contributed by atoms with Crippen LogP contribution < -0.4 is 4.74 Å². The van der Waals surface area contributed by atoms with Crippen molar-refractivity contribution in [2.45, 2.75) is 0 Å². The molecule has 0 atom stereocenters. The molecule has 0 saturated heterocycles. The molecule has 0 aliphatic carbocycles. The summed E-state index contributed by atoms with van der Waals surface area (Å²) in [5, 5.41) is 9.26. The van der Waals surface area contributed by atoms with Gasteiger partial charge in [0.25, 0.3) is 0 Å². The maximum atomic E-state index is 10.5. The predicted octanol–water partition coefficient (Wildman–Crippen LogP) is 4.31. The smallest absolute Gasteiger partial charge is 0.328 e. The zero-order valence-corrected chi connectivity index (χ0v) is 11.4. The number of aliphatic carboxylic acids is 1. The molecule has 0 fully saturated rings. The molecule has 0 bridgehead atoms. The zero-order valence-electron chi connectivity index (χ0n) is 9.12. The molecule has 0 aliphatic heterocycles. The van der Waals surface area contributed by atoms with Gasteiger partial charge in [-0.2, -0.15) is 0 Å². The lowest BCUT2D eigenvalue weighted by molar-refractivity contribution is -0.131. The summed E-state index contributed by atoms with van der Waals surface area (Å²) in [6.07, 6.45) is 3.74. The van der Waals surface area contributed by atoms with Gasteiger partial charge in [0.1, 0.15) is 12.4 Å². The van der Waals surface area contributed by atoms with E-state index < -0.39 is 5.97 Å². The minimum Gasteiger partial charge on any atom is -0.487 e. The Hall–Kier alpha value is -1.16. The predicted molar refractivity (Wildman–Crippen MR) is 73.8 cm³/mol. The van der Waals surface area contributed by atoms with Gasteiger partial charge in [0, 0.05) is 11.6 Å². The Morgan fingerprint density at radius 3 is 2.61 bits per heavy atom. The van der Waals surface area contributed by atoms with E-state index in [4.69, 9.17) is 44.6 Å². The van der Waals surface area contributed by atoms with Gasteiger partial charge in [-0.05, 0) is 12.1 Å². The molecule has 0 amide bonds. The molecule has 6 heteroatoms. The fraction of sp³-hybridized carbons (Fsp3) is 0.0833. The van der Waals surface area contributed by atoms with E-state index in [0.29, 0.717) is 5.56 Å². The second kappa shape index (κ2) is 6.69. The van der Waals surface area contributed by atoms with Crippen LogP contribution in [0.2, 0.25) is 15.1 Å². The Labute approximate surface area is 119 Å². The number of hydrogen-bond acceptors (Lipinski definition) is 2. The van der Waals surface area contributed by atoms with Gasteiger partial charge in [0.2, 0.25) is 0 Å². The van der Waals surface area contributed by atoms with Crippen LogP contribution in [0.25, 0.3) is 6.08 Å². The van der Waals surface area contributed by atoms with Crippen LogP contribution in [-0.2, 0) is 4.79 Å². The minimum atomic E-state index is -1.11. The molecule has 0 aliphatic rings. The summed E-state index contributed by atoms with van der Waals surface area (Å²) in [5.41, 5.74) is 0.318. The molecular weight excluding hydrogens is 298 g/mol. The molecule has 0 saturated carbocycles. The van der Waals surface area contributed by atoms with Crippen LogP contribution in [0.1, 0.15) is 5.56 Å². The first-order valence-corrected chi connectivity index (χ1v) is 5.93. The lowest BCUT2D eigenvalue weighted by Crippen LogP contribution is -1.97. The Kier molecular flexibility index (Phi) is 5.54. The van der Waals surface area contributed by atoms with E-state index in [0.717, 1.165) is 6.08 Å². The maximum absolute atomic E-state index is 10.5. The molecule has 0 heterocycles. The summed E-state index contributed by atoms with van der Waals surface area (Å²) >= 11 is 17.8. The zero-order chi connectivity index (χ0) is 13.7. The fourth-order valence-corrected chi connectivity index (χ4v) is 1.93. The van der Waals surface area contributed by atoms with Crippen molar-refractivity contribution in [3.8, 4) is 5.75 Å². The second-order valence-corrected chi connectivity index (χ2v) is 4.36. The highest BCUT2D eigenvalue weighted by atomic mass is 35.5. The molecule has 0 aromatic heterocycles. The van der Waals surface area contributed by atoms with Gasteiger partial charge >= 0.3 is 5.97 Å². The van der Waals surface area contributed by atoms with Crippen molar-refractivity contribution in [2.24, 2.45) is 0 Å². The lowest BCUT2D eigenvalue weighted by Gasteiger charge is -2.12. The molecule has 0 unspecified atom stereocenters. The fourth-order valence-electron chi connectivity index (χ4n) is 1.19. The van der Waals surface area contributed by atoms with E-state index in [-0.39, 0.29) is 27.4 Å². The van der Waals surface area contributed by atoms with Gasteiger partial charge in [-0.15, -0.1) is 0 Å². The van der Waals surface area contributed by atoms with Crippen LogP contribution in [0.15, 0.2) is 24.8 Å². The highest BCUT2D eigenvalue weighted by Crippen LogP contribution is 2.40. The number of carbonyl (C=O) groups is 1. The minimum absolute atomic E-state index is 0.178. The maximum Gasteiger partial charge on any atom is 0.328 e. The molecule has 0 spiro atoms. The van der Waals surface area contributed by atoms with E-state index in [9.17, 15) is 4.79 Å². The summed E-state index contributed by atoms with van der Waals surface area (Å²) in [5.74, 6) is -0.847. The Morgan fingerprint density at radius 2 is 2.06 bits per heavy atom. The summed E-state index contributed by atoms with van der Waals surface area (Å²) < 4.78 is 5.35. The molecule has 1 aromatic rings. The monoisotopic (exact) mass is 306 g/mol. The third-order valence-electron chi connectivity index (χ3n) is 1.90. The van der Waals surface area contributed by atoms with Crippen LogP contribution in [0.5, 0.6) is 5.75 Å². The molecule has 96 valence electrons. The topological polar surface area (TPSA) is 46.5 Å². The van der Waals surface area contributed by atoms with Gasteiger partial charge < -0.3 is 9.84 Å². The van der Waals surface area contributed by atoms with Gasteiger partial charge in [-0.1, -0.05) is 47.5 Å². The van der Waals surface area contributed by atoms with Gasteiger partial charge in [-0.3, -0.25) is 0 Å². The highest BCUT2D eigenvalue weighted by molar-refractivity contribution is 6.44. The first-order chi connectivity index (χ1) is 8.47. The SMILES string of the molecule is C=CCOc1c(Cl)cc(Cl)c(Cl)c1/C=C/C(=O)O. The van der Waals surface area contributed by atoms with Crippen LogP contribution >= 0.6 is 34.8 Å². The quantitative estimate of drug-likeness (QED) is 0.501. The van der Waals surface area contributed by atoms with E-state index in [2.05, 4.69) is 6.58 Å². The lowest BCUT2D eigenvalue weighted by atomic mass is 10.2. The van der Waals surface area contributed by atoms with Crippen LogP contribution in [0.3, 0.4) is 0 Å². The molecular formula is C12H9Cl3O3. The van der Waals surface area contributed by atoms with Crippen LogP contribution in [-0.4, -0.2) is 17.7 Å². The first-order valence-electron chi connectivity index (χ1n) is 4.79. The largest absolute Gasteiger partial charge is 0.487 e. The molecule has 0 radical (unpaired) electrons. The molecule has 18 heavy (non-hydrogen) atoms. The van der Waals surface area contributed by atoms with Crippen LogP contribution in [0, 0.1) is 0 Å². The van der Waals surface area contributed by atoms with Crippen molar-refractivity contribution in [1.82, 2.24) is 0 Å². The summed E-state index contributed by atoms with van der Waals surface area (Å²) in [4.78, 5) is 10.5. The van der Waals surface area contributed by atoms with E-state index in [1.165, 1.54) is 18.2 Å². The molecule has 3 nitrogen and oxygen atoms in total. The summed E-state index contributed by atoms with van der Waals surface area (Å²) in [6, 6.07) is 1.43. The van der Waals surface area contributed by atoms with E-state index in [1.807, 2.05) is 0 Å². The van der Waals surface area contributed by atoms with Gasteiger partial charge in [0.15, 0.2) is 0 Å². The number of carboxylic acid groups (broad SMARTS) is 1. The summed E-state index contributed by atoms with van der Waals surface area (Å²) in [7, 11) is 0. The molecule has 1 aromatic carbocycles. The van der Waals surface area contributed by atoms with Crippen molar-refractivity contribution >= 4 is 46.8 Å². The van der Waals surface area contributed by atoms with Crippen molar-refractivity contribution < 1.29 is 14.6 Å². The Bertz CT molecular complexity index is 510.